The summed E-state index contributed by atoms with van der Waals surface area (Å²) in [6, 6.07) is 1.64. The molecule has 1 aliphatic rings. The summed E-state index contributed by atoms with van der Waals surface area (Å²) >= 11 is 0. The Morgan fingerprint density at radius 2 is 2.46 bits per heavy atom. The second-order valence-corrected chi connectivity index (χ2v) is 2.91. The highest BCUT2D eigenvalue weighted by Crippen LogP contribution is 2.16. The van der Waals surface area contributed by atoms with Gasteiger partial charge >= 0.3 is 0 Å². The van der Waals surface area contributed by atoms with Crippen LogP contribution in [0.2, 0.25) is 0 Å². The molecule has 1 atom stereocenters. The Kier molecular flexibility index (Phi) is 2.95. The van der Waals surface area contributed by atoms with Crippen molar-refractivity contribution >= 4 is 18.3 Å². The first-order valence-electron chi connectivity index (χ1n) is 3.85. The van der Waals surface area contributed by atoms with Crippen LogP contribution in [0.4, 0.5) is 0 Å². The second kappa shape index (κ2) is 3.81. The van der Waals surface area contributed by atoms with Crippen LogP contribution < -0.4 is 11.1 Å². The third kappa shape index (κ3) is 1.84. The van der Waals surface area contributed by atoms with Gasteiger partial charge in [-0.15, -0.1) is 12.4 Å². The van der Waals surface area contributed by atoms with E-state index < -0.39 is 0 Å². The van der Waals surface area contributed by atoms with E-state index >= 15 is 0 Å². The molecule has 2 heterocycles. The molecule has 1 amide bonds. The van der Waals surface area contributed by atoms with Gasteiger partial charge in [0.2, 0.25) is 5.91 Å². The molecule has 1 aliphatic heterocycles. The lowest BCUT2D eigenvalue weighted by Crippen LogP contribution is -2.44. The van der Waals surface area contributed by atoms with Crippen molar-refractivity contribution in [2.45, 2.75) is 19.0 Å². The summed E-state index contributed by atoms with van der Waals surface area (Å²) in [5, 5.41) is 2.99. The lowest BCUT2D eigenvalue weighted by Gasteiger charge is -2.19. The van der Waals surface area contributed by atoms with Gasteiger partial charge in [-0.25, -0.2) is 0 Å². The van der Waals surface area contributed by atoms with Gasteiger partial charge in [-0.3, -0.25) is 10.1 Å². The molecule has 0 radical (unpaired) electrons. The number of rotatable bonds is 1. The molecule has 0 aliphatic carbocycles. The lowest BCUT2D eigenvalue weighted by molar-refractivity contribution is -0.120. The summed E-state index contributed by atoms with van der Waals surface area (Å²) in [5.74, 6) is 0.606. The van der Waals surface area contributed by atoms with Crippen molar-refractivity contribution < 1.29 is 9.21 Å². The van der Waals surface area contributed by atoms with Crippen LogP contribution in [0.3, 0.4) is 0 Å². The maximum atomic E-state index is 10.8. The molecule has 4 nitrogen and oxygen atoms in total. The molecule has 1 aromatic heterocycles. The van der Waals surface area contributed by atoms with Crippen LogP contribution >= 0.6 is 12.4 Å². The van der Waals surface area contributed by atoms with Gasteiger partial charge in [0.25, 0.3) is 0 Å². The second-order valence-electron chi connectivity index (χ2n) is 2.91. The Balaban J connectivity index is 0.000000845. The molecular weight excluding hydrogens is 192 g/mol. The predicted molar refractivity (Wildman–Crippen MR) is 49.5 cm³/mol. The zero-order valence-electron chi connectivity index (χ0n) is 6.95. The molecule has 3 N–H and O–H groups in total. The smallest absolute Gasteiger partial charge is 0.234 e. The van der Waals surface area contributed by atoms with Crippen molar-refractivity contribution in [3.05, 3.63) is 23.7 Å². The van der Waals surface area contributed by atoms with Crippen LogP contribution in [0.25, 0.3) is 0 Å². The molecule has 0 spiro atoms. The predicted octanol–water partition coefficient (Wildman–Crippen LogP) is 0.201. The van der Waals surface area contributed by atoms with Crippen LogP contribution in [-0.2, 0) is 17.8 Å². The first kappa shape index (κ1) is 10.1. The Labute approximate surface area is 81.9 Å². The topological polar surface area (TPSA) is 68.3 Å². The summed E-state index contributed by atoms with van der Waals surface area (Å²) in [7, 11) is 0. The van der Waals surface area contributed by atoms with Gasteiger partial charge in [0.1, 0.15) is 5.76 Å². The number of halogens is 1. The van der Waals surface area contributed by atoms with E-state index in [1.54, 1.807) is 6.26 Å². The largest absolute Gasteiger partial charge is 0.468 e. The summed E-state index contributed by atoms with van der Waals surface area (Å²) in [4.78, 5) is 10.8. The monoisotopic (exact) mass is 202 g/mol. The number of fused-ring (bicyclic) bond motifs is 1. The highest BCUT2D eigenvalue weighted by Gasteiger charge is 2.23. The lowest BCUT2D eigenvalue weighted by atomic mass is 10.0. The van der Waals surface area contributed by atoms with Gasteiger partial charge in [0.05, 0.1) is 18.8 Å². The van der Waals surface area contributed by atoms with E-state index in [2.05, 4.69) is 5.32 Å². The zero-order valence-corrected chi connectivity index (χ0v) is 7.76. The summed E-state index contributed by atoms with van der Waals surface area (Å²) in [6.07, 6.45) is 2.27. The van der Waals surface area contributed by atoms with Crippen LogP contribution in [0.5, 0.6) is 0 Å². The molecule has 0 bridgehead atoms. The third-order valence-electron chi connectivity index (χ3n) is 2.11. The first-order valence-corrected chi connectivity index (χ1v) is 3.85. The number of nitrogens with one attached hydrogen (secondary N) is 1. The fourth-order valence-corrected chi connectivity index (χ4v) is 1.41. The zero-order chi connectivity index (χ0) is 8.55. The molecule has 2 rings (SSSR count). The molecule has 72 valence electrons. The van der Waals surface area contributed by atoms with Crippen molar-refractivity contribution in [3.63, 3.8) is 0 Å². The van der Waals surface area contributed by atoms with Crippen molar-refractivity contribution in [1.82, 2.24) is 5.32 Å². The van der Waals surface area contributed by atoms with E-state index in [-0.39, 0.29) is 24.4 Å². The number of furan rings is 1. The number of primary amides is 1. The standard InChI is InChI=1S/C8H10N2O2.ClH/c9-8(11)6-3-5-1-2-12-7(5)4-10-6;/h1-2,6,10H,3-4H2,(H2,9,11);1H. The molecule has 0 fully saturated rings. The van der Waals surface area contributed by atoms with Gasteiger partial charge in [-0.2, -0.15) is 0 Å². The van der Waals surface area contributed by atoms with Crippen molar-refractivity contribution in [3.8, 4) is 0 Å². The number of carbonyl (C=O) groups excluding carboxylic acids is 1. The molecule has 0 aromatic carbocycles. The maximum absolute atomic E-state index is 10.8. The minimum atomic E-state index is -0.304. The number of nitrogens with two attached hydrogens (primary N) is 1. The van der Waals surface area contributed by atoms with E-state index in [1.807, 2.05) is 6.07 Å². The fourth-order valence-electron chi connectivity index (χ4n) is 1.41. The molecule has 1 unspecified atom stereocenters. The van der Waals surface area contributed by atoms with Gasteiger partial charge in [-0.05, 0) is 11.6 Å². The minimum absolute atomic E-state index is 0. The van der Waals surface area contributed by atoms with E-state index in [9.17, 15) is 4.79 Å². The first-order chi connectivity index (χ1) is 5.77. The number of carbonyl (C=O) groups is 1. The molecule has 0 saturated heterocycles. The Morgan fingerprint density at radius 3 is 3.15 bits per heavy atom. The highest BCUT2D eigenvalue weighted by atomic mass is 35.5. The van der Waals surface area contributed by atoms with E-state index in [0.717, 1.165) is 11.3 Å². The summed E-state index contributed by atoms with van der Waals surface area (Å²) in [6.45, 7) is 0.593. The van der Waals surface area contributed by atoms with Gasteiger partial charge < -0.3 is 10.2 Å². The van der Waals surface area contributed by atoms with Gasteiger partial charge in [-0.1, -0.05) is 0 Å². The van der Waals surface area contributed by atoms with Crippen molar-refractivity contribution in [1.29, 1.82) is 0 Å². The van der Waals surface area contributed by atoms with Crippen molar-refractivity contribution in [2.24, 2.45) is 5.73 Å². The number of hydrogen-bond acceptors (Lipinski definition) is 3. The van der Waals surface area contributed by atoms with Crippen LogP contribution in [0.1, 0.15) is 11.3 Å². The summed E-state index contributed by atoms with van der Waals surface area (Å²) in [5.41, 5.74) is 6.24. The highest BCUT2D eigenvalue weighted by molar-refractivity contribution is 5.85. The molecule has 13 heavy (non-hydrogen) atoms. The minimum Gasteiger partial charge on any atom is -0.468 e. The molecule has 0 saturated carbocycles. The SMILES string of the molecule is Cl.NC(=O)C1Cc2ccoc2CN1. The van der Waals surface area contributed by atoms with E-state index in [0.29, 0.717) is 13.0 Å². The van der Waals surface area contributed by atoms with E-state index in [4.69, 9.17) is 10.2 Å². The Hall–Kier alpha value is -1.00. The quantitative estimate of drug-likeness (QED) is 0.684. The molecule has 1 aromatic rings. The average molecular weight is 203 g/mol. The Bertz CT molecular complexity index is 311. The Morgan fingerprint density at radius 1 is 1.69 bits per heavy atom. The third-order valence-corrected chi connectivity index (χ3v) is 2.11. The van der Waals surface area contributed by atoms with Crippen LogP contribution in [-0.4, -0.2) is 11.9 Å². The fraction of sp³-hybridized carbons (Fsp3) is 0.375. The number of amides is 1. The normalized spacial score (nSPS) is 20.2. The van der Waals surface area contributed by atoms with E-state index in [1.165, 1.54) is 0 Å². The molecular formula is C8H11ClN2O2. The van der Waals surface area contributed by atoms with Crippen LogP contribution in [0, 0.1) is 0 Å². The molecule has 5 heteroatoms. The number of hydrogen-bond donors (Lipinski definition) is 2. The average Bonchev–Trinajstić information content (AvgIpc) is 2.49. The summed E-state index contributed by atoms with van der Waals surface area (Å²) < 4.78 is 5.17. The maximum Gasteiger partial charge on any atom is 0.234 e. The van der Waals surface area contributed by atoms with Gasteiger partial charge in [0, 0.05) is 6.42 Å². The van der Waals surface area contributed by atoms with Crippen molar-refractivity contribution in [2.75, 3.05) is 0 Å². The van der Waals surface area contributed by atoms with Crippen LogP contribution in [0.15, 0.2) is 16.7 Å². The van der Waals surface area contributed by atoms with Gasteiger partial charge in [0.15, 0.2) is 0 Å².